The lowest BCUT2D eigenvalue weighted by Crippen LogP contribution is -2.33. The van der Waals surface area contributed by atoms with Gasteiger partial charge in [-0.3, -0.25) is 9.08 Å². The largest absolute Gasteiger partial charge is 0.497 e. The number of likely N-dealkylation sites (N-methyl/N-ethyl adjacent to an activating group) is 1. The van der Waals surface area contributed by atoms with Crippen molar-refractivity contribution in [2.75, 3.05) is 39.7 Å². The molecule has 0 spiro atoms. The Hall–Kier alpha value is -2.09. The van der Waals surface area contributed by atoms with Gasteiger partial charge in [-0.25, -0.2) is 0 Å². The van der Waals surface area contributed by atoms with E-state index in [9.17, 15) is 8.42 Å². The highest BCUT2D eigenvalue weighted by atomic mass is 32.2. The van der Waals surface area contributed by atoms with Gasteiger partial charge in [0.25, 0.3) is 10.1 Å². The molecule has 0 amide bonds. The fourth-order valence-electron chi connectivity index (χ4n) is 3.63. The van der Waals surface area contributed by atoms with Crippen LogP contribution in [0.1, 0.15) is 36.0 Å². The molecule has 1 unspecified atom stereocenters. The molecule has 0 bridgehead atoms. The Morgan fingerprint density at radius 3 is 2.45 bits per heavy atom. The van der Waals surface area contributed by atoms with Crippen molar-refractivity contribution in [3.63, 3.8) is 0 Å². The summed E-state index contributed by atoms with van der Waals surface area (Å²) in [7, 11) is -1.72. The van der Waals surface area contributed by atoms with E-state index in [1.165, 1.54) is 16.7 Å². The zero-order valence-electron chi connectivity index (χ0n) is 17.3. The maximum absolute atomic E-state index is 11.0. The number of ether oxygens (including phenoxy) is 2. The molecule has 0 aromatic heterocycles. The summed E-state index contributed by atoms with van der Waals surface area (Å²) in [5, 5.41) is 0. The summed E-state index contributed by atoms with van der Waals surface area (Å²) in [6, 6.07) is 14.5. The van der Waals surface area contributed by atoms with Crippen LogP contribution in [-0.4, -0.2) is 53.0 Å². The molecular formula is C22H29NO5S. The SMILES string of the molecule is CCN1Cc2cc(OCCCOS(C)(=O)=O)ccc2C(c2ccc(OC)cc2)C1. The van der Waals surface area contributed by atoms with Crippen molar-refractivity contribution in [1.82, 2.24) is 4.90 Å². The van der Waals surface area contributed by atoms with Gasteiger partial charge in [0, 0.05) is 25.4 Å². The van der Waals surface area contributed by atoms with E-state index in [2.05, 4.69) is 36.1 Å². The summed E-state index contributed by atoms with van der Waals surface area (Å²) in [6.45, 7) is 5.59. The second kappa shape index (κ2) is 9.61. The zero-order valence-corrected chi connectivity index (χ0v) is 18.1. The van der Waals surface area contributed by atoms with E-state index in [1.54, 1.807) is 7.11 Å². The molecule has 2 aromatic rings. The Balaban J connectivity index is 1.71. The minimum Gasteiger partial charge on any atom is -0.497 e. The van der Waals surface area contributed by atoms with E-state index >= 15 is 0 Å². The van der Waals surface area contributed by atoms with Crippen LogP contribution < -0.4 is 9.47 Å². The summed E-state index contributed by atoms with van der Waals surface area (Å²) in [4.78, 5) is 2.43. The molecule has 158 valence electrons. The number of hydrogen-bond donors (Lipinski definition) is 0. The summed E-state index contributed by atoms with van der Waals surface area (Å²) < 4.78 is 37.8. The third-order valence-electron chi connectivity index (χ3n) is 5.14. The van der Waals surface area contributed by atoms with Gasteiger partial charge >= 0.3 is 0 Å². The molecule has 0 radical (unpaired) electrons. The maximum Gasteiger partial charge on any atom is 0.264 e. The van der Waals surface area contributed by atoms with Crippen molar-refractivity contribution in [1.29, 1.82) is 0 Å². The predicted molar refractivity (Wildman–Crippen MR) is 113 cm³/mol. The molecule has 1 atom stereocenters. The van der Waals surface area contributed by atoms with Crippen LogP contribution in [0.4, 0.5) is 0 Å². The number of benzene rings is 2. The molecule has 0 fully saturated rings. The van der Waals surface area contributed by atoms with E-state index in [0.717, 1.165) is 37.4 Å². The molecular weight excluding hydrogens is 390 g/mol. The summed E-state index contributed by atoms with van der Waals surface area (Å²) >= 11 is 0. The molecule has 2 aromatic carbocycles. The molecule has 6 nitrogen and oxygen atoms in total. The van der Waals surface area contributed by atoms with Crippen LogP contribution >= 0.6 is 0 Å². The van der Waals surface area contributed by atoms with E-state index < -0.39 is 10.1 Å². The van der Waals surface area contributed by atoms with Gasteiger partial charge in [0.15, 0.2) is 0 Å². The maximum atomic E-state index is 11.0. The van der Waals surface area contributed by atoms with Crippen LogP contribution in [-0.2, 0) is 20.8 Å². The van der Waals surface area contributed by atoms with Crippen LogP contribution in [0.5, 0.6) is 11.5 Å². The number of hydrogen-bond acceptors (Lipinski definition) is 6. The summed E-state index contributed by atoms with van der Waals surface area (Å²) in [6.07, 6.45) is 1.57. The fraction of sp³-hybridized carbons (Fsp3) is 0.455. The zero-order chi connectivity index (χ0) is 20.9. The van der Waals surface area contributed by atoms with Gasteiger partial charge in [-0.05, 0) is 47.5 Å². The molecule has 0 N–H and O–H groups in total. The monoisotopic (exact) mass is 419 g/mol. The Morgan fingerprint density at radius 1 is 1.07 bits per heavy atom. The van der Waals surface area contributed by atoms with Crippen LogP contribution in [0.3, 0.4) is 0 Å². The van der Waals surface area contributed by atoms with Crippen LogP contribution in [0.25, 0.3) is 0 Å². The highest BCUT2D eigenvalue weighted by Gasteiger charge is 2.26. The molecule has 3 rings (SSSR count). The smallest absolute Gasteiger partial charge is 0.264 e. The van der Waals surface area contributed by atoms with Crippen molar-refractivity contribution < 1.29 is 22.1 Å². The van der Waals surface area contributed by atoms with Gasteiger partial charge in [-0.15, -0.1) is 0 Å². The first-order chi connectivity index (χ1) is 13.9. The molecule has 0 saturated carbocycles. The van der Waals surface area contributed by atoms with E-state index in [1.807, 2.05) is 18.2 Å². The number of nitrogens with zero attached hydrogens (tertiary/aromatic N) is 1. The van der Waals surface area contributed by atoms with Crippen molar-refractivity contribution in [2.45, 2.75) is 25.8 Å². The minimum absolute atomic E-state index is 0.132. The Bertz CT molecular complexity index is 911. The second-order valence-electron chi connectivity index (χ2n) is 7.24. The fourth-order valence-corrected chi connectivity index (χ4v) is 4.05. The first-order valence-electron chi connectivity index (χ1n) is 9.86. The van der Waals surface area contributed by atoms with Crippen LogP contribution in [0.15, 0.2) is 42.5 Å². The van der Waals surface area contributed by atoms with Gasteiger partial charge in [-0.2, -0.15) is 8.42 Å². The highest BCUT2D eigenvalue weighted by Crippen LogP contribution is 2.35. The lowest BCUT2D eigenvalue weighted by atomic mass is 9.84. The average Bonchev–Trinajstić information content (AvgIpc) is 2.71. The Kier molecular flexibility index (Phi) is 7.16. The normalized spacial score (nSPS) is 17.0. The summed E-state index contributed by atoms with van der Waals surface area (Å²) in [5.41, 5.74) is 3.87. The topological polar surface area (TPSA) is 65.1 Å². The van der Waals surface area contributed by atoms with Crippen molar-refractivity contribution in [3.05, 3.63) is 59.2 Å². The molecule has 1 aliphatic heterocycles. The molecule has 0 saturated heterocycles. The third-order valence-corrected chi connectivity index (χ3v) is 5.74. The van der Waals surface area contributed by atoms with Gasteiger partial charge in [0.05, 0.1) is 26.6 Å². The first-order valence-corrected chi connectivity index (χ1v) is 11.7. The first kappa shape index (κ1) is 21.6. The van der Waals surface area contributed by atoms with E-state index in [0.29, 0.717) is 18.9 Å². The highest BCUT2D eigenvalue weighted by molar-refractivity contribution is 7.85. The van der Waals surface area contributed by atoms with Gasteiger partial charge < -0.3 is 9.47 Å². The third kappa shape index (κ3) is 5.95. The molecule has 29 heavy (non-hydrogen) atoms. The summed E-state index contributed by atoms with van der Waals surface area (Å²) in [5.74, 6) is 1.97. The molecule has 1 heterocycles. The van der Waals surface area contributed by atoms with Crippen molar-refractivity contribution in [3.8, 4) is 11.5 Å². The number of methoxy groups -OCH3 is 1. The van der Waals surface area contributed by atoms with Crippen molar-refractivity contribution >= 4 is 10.1 Å². The lowest BCUT2D eigenvalue weighted by Gasteiger charge is -2.34. The lowest BCUT2D eigenvalue weighted by molar-refractivity contribution is 0.245. The van der Waals surface area contributed by atoms with E-state index in [4.69, 9.17) is 13.7 Å². The van der Waals surface area contributed by atoms with Crippen molar-refractivity contribution in [2.24, 2.45) is 0 Å². The Morgan fingerprint density at radius 2 is 1.79 bits per heavy atom. The second-order valence-corrected chi connectivity index (χ2v) is 8.89. The van der Waals surface area contributed by atoms with Gasteiger partial charge in [0.1, 0.15) is 11.5 Å². The number of rotatable bonds is 9. The van der Waals surface area contributed by atoms with Gasteiger partial charge in [-0.1, -0.05) is 25.1 Å². The molecule has 0 aliphatic carbocycles. The standard InChI is InChI=1S/C22H29NO5S/c1-4-23-15-18-14-20(27-12-5-13-28-29(3,24)25)10-11-21(18)22(16-23)17-6-8-19(26-2)9-7-17/h6-11,14,22H,4-5,12-13,15-16H2,1-3H3. The quantitative estimate of drug-likeness (QED) is 0.458. The van der Waals surface area contributed by atoms with Crippen LogP contribution in [0.2, 0.25) is 0 Å². The molecule has 1 aliphatic rings. The van der Waals surface area contributed by atoms with Crippen LogP contribution in [0, 0.1) is 0 Å². The minimum atomic E-state index is -3.40. The Labute approximate surface area is 173 Å². The predicted octanol–water partition coefficient (Wildman–Crippen LogP) is 3.41. The van der Waals surface area contributed by atoms with E-state index in [-0.39, 0.29) is 6.61 Å². The number of fused-ring (bicyclic) bond motifs is 1. The van der Waals surface area contributed by atoms with Gasteiger partial charge in [0.2, 0.25) is 0 Å². The molecule has 7 heteroatoms. The average molecular weight is 420 g/mol.